The molecule has 0 saturated carbocycles. The molecule has 2 aromatic carbocycles. The molecule has 146 valence electrons. The number of guanidine groups is 1. The molecule has 0 bridgehead atoms. The van der Waals surface area contributed by atoms with E-state index in [1.165, 1.54) is 0 Å². The molecule has 0 aliphatic rings. The van der Waals surface area contributed by atoms with Crippen molar-refractivity contribution in [2.75, 3.05) is 14.2 Å². The molecule has 1 aromatic heterocycles. The van der Waals surface area contributed by atoms with Gasteiger partial charge in [0, 0.05) is 22.2 Å². The predicted octanol–water partition coefficient (Wildman–Crippen LogP) is 3.86. The van der Waals surface area contributed by atoms with Crippen LogP contribution in [0.25, 0.3) is 22.4 Å². The number of rotatable bonds is 5. The lowest BCUT2D eigenvalue weighted by atomic mass is 9.98. The summed E-state index contributed by atoms with van der Waals surface area (Å²) in [5, 5.41) is 10.3. The number of methoxy groups -OCH3 is 2. The average molecular weight is 408 g/mol. The van der Waals surface area contributed by atoms with Crippen molar-refractivity contribution >= 4 is 23.4 Å². The Morgan fingerprint density at radius 1 is 1.03 bits per heavy atom. The van der Waals surface area contributed by atoms with E-state index in [0.717, 1.165) is 5.56 Å². The Kier molecular flexibility index (Phi) is 5.86. The van der Waals surface area contributed by atoms with Crippen molar-refractivity contribution in [1.29, 1.82) is 5.26 Å². The summed E-state index contributed by atoms with van der Waals surface area (Å²) in [6.45, 7) is 0. The van der Waals surface area contributed by atoms with Crippen LogP contribution >= 0.6 is 11.6 Å². The number of nitrogens with two attached hydrogens (primary N) is 2. The molecule has 29 heavy (non-hydrogen) atoms. The normalized spacial score (nSPS) is 10.1. The van der Waals surface area contributed by atoms with Crippen molar-refractivity contribution < 1.29 is 9.47 Å². The van der Waals surface area contributed by atoms with Gasteiger partial charge in [0.15, 0.2) is 11.8 Å². The predicted molar refractivity (Wildman–Crippen MR) is 113 cm³/mol. The summed E-state index contributed by atoms with van der Waals surface area (Å²) in [6, 6.07) is 16.4. The number of benzene rings is 2. The summed E-state index contributed by atoms with van der Waals surface area (Å²) >= 11 is 6.01. The first-order valence-corrected chi connectivity index (χ1v) is 8.87. The number of aliphatic imine (C=N–C) groups is 1. The van der Waals surface area contributed by atoms with Crippen LogP contribution in [-0.2, 0) is 0 Å². The van der Waals surface area contributed by atoms with E-state index in [0.29, 0.717) is 33.3 Å². The zero-order valence-corrected chi connectivity index (χ0v) is 16.6. The van der Waals surface area contributed by atoms with E-state index < -0.39 is 0 Å². The Hall–Kier alpha value is -3.76. The first kappa shape index (κ1) is 20.0. The lowest BCUT2D eigenvalue weighted by molar-refractivity contribution is 0.395. The van der Waals surface area contributed by atoms with Crippen LogP contribution in [0.1, 0.15) is 5.56 Å². The number of halogens is 1. The third kappa shape index (κ3) is 4.23. The van der Waals surface area contributed by atoms with Gasteiger partial charge in [-0.3, -0.25) is 0 Å². The van der Waals surface area contributed by atoms with Gasteiger partial charge in [-0.05, 0) is 35.9 Å². The number of ether oxygens (including phenoxy) is 2. The fourth-order valence-electron chi connectivity index (χ4n) is 2.85. The van der Waals surface area contributed by atoms with Gasteiger partial charge in [0.25, 0.3) is 0 Å². The maximum atomic E-state index is 9.75. The Bertz CT molecular complexity index is 1120. The smallest absolute Gasteiger partial charge is 0.192 e. The second-order valence-corrected chi connectivity index (χ2v) is 6.41. The minimum atomic E-state index is -0.199. The van der Waals surface area contributed by atoms with Gasteiger partial charge in [0.05, 0.1) is 19.9 Å². The molecule has 7 nitrogen and oxygen atoms in total. The van der Waals surface area contributed by atoms with E-state index in [9.17, 15) is 5.26 Å². The van der Waals surface area contributed by atoms with E-state index in [1.54, 1.807) is 44.6 Å². The van der Waals surface area contributed by atoms with Crippen molar-refractivity contribution in [3.05, 3.63) is 59.1 Å². The molecule has 1 heterocycles. The first-order chi connectivity index (χ1) is 14.0. The second kappa shape index (κ2) is 8.50. The van der Waals surface area contributed by atoms with Crippen LogP contribution in [0.15, 0.2) is 53.5 Å². The molecule has 0 atom stereocenters. The summed E-state index contributed by atoms with van der Waals surface area (Å²) in [5.41, 5.74) is 14.0. The molecule has 0 fully saturated rings. The maximum Gasteiger partial charge on any atom is 0.192 e. The molecule has 0 saturated heterocycles. The van der Waals surface area contributed by atoms with Crippen LogP contribution in [0.2, 0.25) is 5.02 Å². The van der Waals surface area contributed by atoms with Crippen LogP contribution in [0.4, 0.5) is 5.82 Å². The van der Waals surface area contributed by atoms with Crippen LogP contribution in [0.5, 0.6) is 11.5 Å². The molecule has 0 aliphatic heterocycles. The van der Waals surface area contributed by atoms with Gasteiger partial charge in [-0.1, -0.05) is 23.7 Å². The van der Waals surface area contributed by atoms with Crippen molar-refractivity contribution in [2.45, 2.75) is 0 Å². The topological polar surface area (TPSA) is 120 Å². The summed E-state index contributed by atoms with van der Waals surface area (Å²) < 4.78 is 10.7. The molecule has 4 N–H and O–H groups in total. The molecule has 0 unspecified atom stereocenters. The molecule has 0 radical (unpaired) electrons. The fourth-order valence-corrected chi connectivity index (χ4v) is 2.98. The number of hydrogen-bond donors (Lipinski definition) is 2. The highest BCUT2D eigenvalue weighted by molar-refractivity contribution is 6.30. The lowest BCUT2D eigenvalue weighted by Gasteiger charge is -2.14. The van der Waals surface area contributed by atoms with Crippen LogP contribution in [-0.4, -0.2) is 25.2 Å². The van der Waals surface area contributed by atoms with Gasteiger partial charge in [0.2, 0.25) is 0 Å². The Morgan fingerprint density at radius 2 is 1.76 bits per heavy atom. The number of nitrogens with zero attached hydrogens (tertiary/aromatic N) is 3. The third-order valence-electron chi connectivity index (χ3n) is 4.19. The van der Waals surface area contributed by atoms with Gasteiger partial charge >= 0.3 is 0 Å². The number of hydrogen-bond acceptors (Lipinski definition) is 5. The Balaban J connectivity index is 2.32. The fraction of sp³-hybridized carbons (Fsp3) is 0.0952. The first-order valence-electron chi connectivity index (χ1n) is 8.50. The minimum absolute atomic E-state index is 0.118. The second-order valence-electron chi connectivity index (χ2n) is 5.98. The molecule has 3 rings (SSSR count). The summed E-state index contributed by atoms with van der Waals surface area (Å²) in [7, 11) is 3.13. The van der Waals surface area contributed by atoms with E-state index in [-0.39, 0.29) is 17.3 Å². The van der Waals surface area contributed by atoms with Crippen LogP contribution in [0, 0.1) is 11.3 Å². The van der Waals surface area contributed by atoms with Gasteiger partial charge < -0.3 is 20.9 Å². The molecule has 0 amide bonds. The van der Waals surface area contributed by atoms with Crippen molar-refractivity contribution in [3.8, 4) is 40.0 Å². The van der Waals surface area contributed by atoms with Gasteiger partial charge in [-0.15, -0.1) is 0 Å². The molecule has 0 spiro atoms. The average Bonchev–Trinajstić information content (AvgIpc) is 2.72. The van der Waals surface area contributed by atoms with E-state index in [1.807, 2.05) is 18.2 Å². The zero-order chi connectivity index (χ0) is 21.0. The van der Waals surface area contributed by atoms with Gasteiger partial charge in [-0.25, -0.2) is 4.98 Å². The third-order valence-corrected chi connectivity index (χ3v) is 4.44. The van der Waals surface area contributed by atoms with Crippen molar-refractivity contribution in [3.63, 3.8) is 0 Å². The van der Waals surface area contributed by atoms with Crippen molar-refractivity contribution in [2.24, 2.45) is 16.5 Å². The van der Waals surface area contributed by atoms with E-state index in [4.69, 9.17) is 32.5 Å². The molecular formula is C21H18ClN5O2. The lowest BCUT2D eigenvalue weighted by Crippen LogP contribution is -2.22. The highest BCUT2D eigenvalue weighted by Crippen LogP contribution is 2.38. The molecular weight excluding hydrogens is 390 g/mol. The van der Waals surface area contributed by atoms with Crippen molar-refractivity contribution in [1.82, 2.24) is 4.98 Å². The van der Waals surface area contributed by atoms with E-state index in [2.05, 4.69) is 16.0 Å². The Labute approximate surface area is 173 Å². The number of nitriles is 1. The van der Waals surface area contributed by atoms with Gasteiger partial charge in [-0.2, -0.15) is 10.3 Å². The van der Waals surface area contributed by atoms with Crippen LogP contribution < -0.4 is 20.9 Å². The molecule has 0 aliphatic carbocycles. The number of pyridine rings is 1. The highest BCUT2D eigenvalue weighted by Gasteiger charge is 2.18. The quantitative estimate of drug-likeness (QED) is 0.489. The minimum Gasteiger partial charge on any atom is -0.497 e. The summed E-state index contributed by atoms with van der Waals surface area (Å²) in [6.07, 6.45) is 0. The SMILES string of the molecule is COc1ccc(-c2cc(-c3ccc(Cl)cc3)c(C#N)c(N=C(N)N)n2)c(OC)c1. The monoisotopic (exact) mass is 407 g/mol. The summed E-state index contributed by atoms with van der Waals surface area (Å²) in [5.74, 6) is 1.11. The Morgan fingerprint density at radius 3 is 2.34 bits per heavy atom. The standard InChI is InChI=1S/C21H18ClN5O2/c1-28-14-7-8-15(19(9-14)29-2)18-10-16(12-3-5-13(22)6-4-12)17(11-23)20(26-18)27-21(24)25/h3-10H,1-2H3,(H4,24,25,26,27). The summed E-state index contributed by atoms with van der Waals surface area (Å²) in [4.78, 5) is 8.56. The molecule has 3 aromatic rings. The van der Waals surface area contributed by atoms with Gasteiger partial charge in [0.1, 0.15) is 23.1 Å². The largest absolute Gasteiger partial charge is 0.497 e. The maximum absolute atomic E-state index is 9.75. The van der Waals surface area contributed by atoms with E-state index >= 15 is 0 Å². The zero-order valence-electron chi connectivity index (χ0n) is 15.8. The van der Waals surface area contributed by atoms with Crippen LogP contribution in [0.3, 0.4) is 0 Å². The highest BCUT2D eigenvalue weighted by atomic mass is 35.5. The number of aromatic nitrogens is 1. The molecule has 8 heteroatoms.